The smallest absolute Gasteiger partial charge is 0.338 e. The van der Waals surface area contributed by atoms with Crippen LogP contribution in [0, 0.1) is 5.92 Å². The Kier molecular flexibility index (Phi) is 5.17. The zero-order valence-corrected chi connectivity index (χ0v) is 14.8. The summed E-state index contributed by atoms with van der Waals surface area (Å²) in [6.07, 6.45) is 2.54. The van der Waals surface area contributed by atoms with E-state index in [1.165, 1.54) is 0 Å². The van der Waals surface area contributed by atoms with Crippen molar-refractivity contribution in [1.29, 1.82) is 0 Å². The highest BCUT2D eigenvalue weighted by Crippen LogP contribution is 2.42. The predicted octanol–water partition coefficient (Wildman–Crippen LogP) is 3.94. The molecule has 1 aromatic heterocycles. The minimum absolute atomic E-state index is 0.165. The van der Waals surface area contributed by atoms with E-state index in [4.69, 9.17) is 9.47 Å². The number of hydrogen-bond acceptors (Lipinski definition) is 5. The van der Waals surface area contributed by atoms with Crippen LogP contribution in [0.5, 0.6) is 0 Å². The molecule has 0 aromatic carbocycles. The Bertz CT molecular complexity index is 542. The molecule has 1 aliphatic heterocycles. The number of ether oxygens (including phenoxy) is 2. The maximum atomic E-state index is 12.2. The molecule has 0 spiro atoms. The number of carbonyl (C=O) groups is 1. The standard InChI is InChI=1S/C17H25NO3S/c1-6-22-14-9-12(7-8-18-14)15(19)20-11-13-10-16(2,3)21-17(13,4)5/h7-9,13H,6,10-11H2,1-5H3. The second kappa shape index (κ2) is 6.59. The topological polar surface area (TPSA) is 48.4 Å². The Hall–Kier alpha value is -1.07. The molecule has 1 saturated heterocycles. The Labute approximate surface area is 137 Å². The molecule has 1 aromatic rings. The van der Waals surface area contributed by atoms with Crippen molar-refractivity contribution in [2.24, 2.45) is 5.92 Å². The van der Waals surface area contributed by atoms with Gasteiger partial charge in [0.1, 0.15) is 0 Å². The fraction of sp³-hybridized carbons (Fsp3) is 0.647. The molecule has 1 fully saturated rings. The second-order valence-electron chi connectivity index (χ2n) is 6.78. The van der Waals surface area contributed by atoms with Gasteiger partial charge in [-0.2, -0.15) is 0 Å². The van der Waals surface area contributed by atoms with Crippen molar-refractivity contribution in [2.75, 3.05) is 12.4 Å². The zero-order valence-electron chi connectivity index (χ0n) is 14.0. The lowest BCUT2D eigenvalue weighted by atomic mass is 9.88. The first-order valence-corrected chi connectivity index (χ1v) is 8.68. The van der Waals surface area contributed by atoms with Crippen molar-refractivity contribution in [3.8, 4) is 0 Å². The summed E-state index contributed by atoms with van der Waals surface area (Å²) >= 11 is 1.61. The van der Waals surface area contributed by atoms with Gasteiger partial charge in [-0.15, -0.1) is 11.8 Å². The van der Waals surface area contributed by atoms with Crippen molar-refractivity contribution < 1.29 is 14.3 Å². The lowest BCUT2D eigenvalue weighted by molar-refractivity contribution is -0.0794. The van der Waals surface area contributed by atoms with Gasteiger partial charge in [-0.3, -0.25) is 0 Å². The molecule has 1 unspecified atom stereocenters. The molecule has 0 amide bonds. The Morgan fingerprint density at radius 1 is 1.45 bits per heavy atom. The number of thioether (sulfide) groups is 1. The van der Waals surface area contributed by atoms with Crippen molar-refractivity contribution in [1.82, 2.24) is 4.98 Å². The average Bonchev–Trinajstić information content (AvgIpc) is 2.64. The van der Waals surface area contributed by atoms with Crippen LogP contribution in [-0.4, -0.2) is 34.5 Å². The van der Waals surface area contributed by atoms with Crippen LogP contribution < -0.4 is 0 Å². The summed E-state index contributed by atoms with van der Waals surface area (Å²) in [6.45, 7) is 10.7. The first-order valence-electron chi connectivity index (χ1n) is 7.69. The van der Waals surface area contributed by atoms with Crippen LogP contribution >= 0.6 is 11.8 Å². The van der Waals surface area contributed by atoms with Gasteiger partial charge in [0, 0.05) is 12.1 Å². The van der Waals surface area contributed by atoms with E-state index in [1.807, 2.05) is 0 Å². The van der Waals surface area contributed by atoms with Crippen molar-refractivity contribution in [3.05, 3.63) is 23.9 Å². The predicted molar refractivity (Wildman–Crippen MR) is 88.3 cm³/mol. The lowest BCUT2D eigenvalue weighted by Gasteiger charge is -2.27. The Balaban J connectivity index is 1.97. The maximum absolute atomic E-state index is 12.2. The number of carbonyl (C=O) groups excluding carboxylic acids is 1. The zero-order chi connectivity index (χ0) is 16.4. The summed E-state index contributed by atoms with van der Waals surface area (Å²) in [5.41, 5.74) is 0.120. The normalized spacial score (nSPS) is 22.5. The number of rotatable bonds is 5. The third-order valence-corrected chi connectivity index (χ3v) is 4.75. The number of hydrogen-bond donors (Lipinski definition) is 0. The van der Waals surface area contributed by atoms with Gasteiger partial charge in [0.15, 0.2) is 0 Å². The largest absolute Gasteiger partial charge is 0.462 e. The molecule has 0 radical (unpaired) electrons. The first kappa shape index (κ1) is 17.3. The van der Waals surface area contributed by atoms with Crippen LogP contribution in [0.4, 0.5) is 0 Å². The molecule has 22 heavy (non-hydrogen) atoms. The van der Waals surface area contributed by atoms with E-state index in [1.54, 1.807) is 30.1 Å². The van der Waals surface area contributed by atoms with E-state index in [9.17, 15) is 4.79 Å². The van der Waals surface area contributed by atoms with E-state index in [0.717, 1.165) is 17.2 Å². The van der Waals surface area contributed by atoms with E-state index < -0.39 is 0 Å². The van der Waals surface area contributed by atoms with Crippen molar-refractivity contribution in [2.45, 2.75) is 57.3 Å². The van der Waals surface area contributed by atoms with Crippen LogP contribution in [0.15, 0.2) is 23.4 Å². The third kappa shape index (κ3) is 4.23. The quantitative estimate of drug-likeness (QED) is 0.606. The summed E-state index contributed by atoms with van der Waals surface area (Å²) in [6, 6.07) is 3.49. The third-order valence-electron chi connectivity index (χ3n) is 3.94. The lowest BCUT2D eigenvalue weighted by Crippen LogP contribution is -2.32. The van der Waals surface area contributed by atoms with Crippen LogP contribution in [0.2, 0.25) is 0 Å². The van der Waals surface area contributed by atoms with E-state index in [-0.39, 0.29) is 23.1 Å². The van der Waals surface area contributed by atoms with Gasteiger partial charge in [-0.25, -0.2) is 9.78 Å². The molecule has 1 atom stereocenters. The maximum Gasteiger partial charge on any atom is 0.338 e. The van der Waals surface area contributed by atoms with Crippen molar-refractivity contribution >= 4 is 17.7 Å². The number of nitrogens with zero attached hydrogens (tertiary/aromatic N) is 1. The molecule has 122 valence electrons. The SMILES string of the molecule is CCSc1cc(C(=O)OCC2CC(C)(C)OC2(C)C)ccn1. The molecule has 0 bridgehead atoms. The molecule has 4 nitrogen and oxygen atoms in total. The van der Waals surface area contributed by atoms with Gasteiger partial charge in [0.2, 0.25) is 0 Å². The van der Waals surface area contributed by atoms with Gasteiger partial charge >= 0.3 is 5.97 Å². The molecular weight excluding hydrogens is 298 g/mol. The van der Waals surface area contributed by atoms with Gasteiger partial charge in [0.25, 0.3) is 0 Å². The molecule has 5 heteroatoms. The molecular formula is C17H25NO3S. The highest BCUT2D eigenvalue weighted by atomic mass is 32.2. The first-order chi connectivity index (χ1) is 10.2. The molecule has 0 saturated carbocycles. The number of pyridine rings is 1. The molecule has 2 heterocycles. The summed E-state index contributed by atoms with van der Waals surface area (Å²) in [5.74, 6) is 0.840. The Morgan fingerprint density at radius 3 is 2.77 bits per heavy atom. The van der Waals surface area contributed by atoms with Crippen LogP contribution in [0.1, 0.15) is 51.4 Å². The Morgan fingerprint density at radius 2 is 2.18 bits per heavy atom. The molecule has 1 aliphatic rings. The second-order valence-corrected chi connectivity index (χ2v) is 8.06. The highest BCUT2D eigenvalue weighted by molar-refractivity contribution is 7.99. The van der Waals surface area contributed by atoms with E-state index in [2.05, 4.69) is 39.6 Å². The molecule has 0 N–H and O–H groups in total. The number of aromatic nitrogens is 1. The summed E-state index contributed by atoms with van der Waals surface area (Å²) < 4.78 is 11.6. The minimum atomic E-state index is -0.291. The van der Waals surface area contributed by atoms with Gasteiger partial charge < -0.3 is 9.47 Å². The summed E-state index contributed by atoms with van der Waals surface area (Å²) in [7, 11) is 0. The van der Waals surface area contributed by atoms with Gasteiger partial charge in [-0.05, 0) is 52.0 Å². The number of esters is 1. The minimum Gasteiger partial charge on any atom is -0.462 e. The average molecular weight is 323 g/mol. The van der Waals surface area contributed by atoms with Crippen LogP contribution in [-0.2, 0) is 9.47 Å². The molecule has 2 rings (SSSR count). The highest BCUT2D eigenvalue weighted by Gasteiger charge is 2.46. The van der Waals surface area contributed by atoms with Gasteiger partial charge in [-0.1, -0.05) is 6.92 Å². The fourth-order valence-electron chi connectivity index (χ4n) is 2.96. The van der Waals surface area contributed by atoms with Crippen LogP contribution in [0.3, 0.4) is 0 Å². The monoisotopic (exact) mass is 323 g/mol. The van der Waals surface area contributed by atoms with E-state index >= 15 is 0 Å². The van der Waals surface area contributed by atoms with E-state index in [0.29, 0.717) is 12.2 Å². The summed E-state index contributed by atoms with van der Waals surface area (Å²) in [4.78, 5) is 16.5. The fourth-order valence-corrected chi connectivity index (χ4v) is 3.60. The van der Waals surface area contributed by atoms with Crippen molar-refractivity contribution in [3.63, 3.8) is 0 Å². The summed E-state index contributed by atoms with van der Waals surface area (Å²) in [5, 5.41) is 0.850. The van der Waals surface area contributed by atoms with Gasteiger partial charge in [0.05, 0.1) is 28.4 Å². The molecule has 0 aliphatic carbocycles. The van der Waals surface area contributed by atoms with Crippen LogP contribution in [0.25, 0.3) is 0 Å².